The van der Waals surface area contributed by atoms with Gasteiger partial charge in [0, 0.05) is 13.0 Å². The molecule has 0 saturated heterocycles. The number of hydrogen-bond donors (Lipinski definition) is 0. The van der Waals surface area contributed by atoms with Crippen LogP contribution in [0.4, 0.5) is 0 Å². The van der Waals surface area contributed by atoms with Crippen molar-refractivity contribution < 1.29 is 14.0 Å². The lowest BCUT2D eigenvalue weighted by Crippen LogP contribution is -2.19. The Morgan fingerprint density at radius 3 is 2.54 bits per heavy atom. The first-order chi connectivity index (χ1) is 12.8. The molecule has 0 amide bonds. The molecule has 2 aliphatic rings. The SMILES string of the molecule is COC1CCC(c2ccccc2OCc2nc(C3CCCC3)no2)CC1. The molecule has 2 aliphatic carbocycles. The molecule has 5 heteroatoms. The van der Waals surface area contributed by atoms with E-state index in [0.717, 1.165) is 37.3 Å². The number of methoxy groups -OCH3 is 1. The fraction of sp³-hybridized carbons (Fsp3) is 0.619. The summed E-state index contributed by atoms with van der Waals surface area (Å²) >= 11 is 0. The van der Waals surface area contributed by atoms with Crippen molar-refractivity contribution in [1.29, 1.82) is 0 Å². The maximum Gasteiger partial charge on any atom is 0.264 e. The van der Waals surface area contributed by atoms with Crippen LogP contribution in [0.5, 0.6) is 5.75 Å². The second-order valence-corrected chi connectivity index (χ2v) is 7.56. The fourth-order valence-corrected chi connectivity index (χ4v) is 4.37. The number of aromatic nitrogens is 2. The number of para-hydroxylation sites is 1. The van der Waals surface area contributed by atoms with Gasteiger partial charge in [0.25, 0.3) is 5.89 Å². The maximum absolute atomic E-state index is 6.08. The number of nitrogens with zero attached hydrogens (tertiary/aromatic N) is 2. The van der Waals surface area contributed by atoms with Gasteiger partial charge >= 0.3 is 0 Å². The van der Waals surface area contributed by atoms with Crippen molar-refractivity contribution in [2.45, 2.75) is 75.9 Å². The Balaban J connectivity index is 1.39. The number of rotatable bonds is 6. The largest absolute Gasteiger partial charge is 0.483 e. The molecule has 2 fully saturated rings. The average Bonchev–Trinajstić information content (AvgIpc) is 3.38. The smallest absolute Gasteiger partial charge is 0.264 e. The van der Waals surface area contributed by atoms with Crippen molar-refractivity contribution in [3.8, 4) is 5.75 Å². The summed E-state index contributed by atoms with van der Waals surface area (Å²) in [5, 5.41) is 4.16. The Morgan fingerprint density at radius 2 is 1.77 bits per heavy atom. The lowest BCUT2D eigenvalue weighted by atomic mass is 9.82. The lowest BCUT2D eigenvalue weighted by Gasteiger charge is -2.28. The molecule has 0 spiro atoms. The zero-order chi connectivity index (χ0) is 17.8. The summed E-state index contributed by atoms with van der Waals surface area (Å²) < 4.78 is 17.0. The molecular formula is C21H28N2O3. The second kappa shape index (κ2) is 8.21. The molecule has 0 atom stereocenters. The molecule has 1 heterocycles. The molecule has 5 nitrogen and oxygen atoms in total. The van der Waals surface area contributed by atoms with E-state index >= 15 is 0 Å². The van der Waals surface area contributed by atoms with Gasteiger partial charge in [-0.05, 0) is 56.1 Å². The zero-order valence-electron chi connectivity index (χ0n) is 15.5. The number of hydrogen-bond acceptors (Lipinski definition) is 5. The highest BCUT2D eigenvalue weighted by Gasteiger charge is 2.25. The first kappa shape index (κ1) is 17.5. The monoisotopic (exact) mass is 356 g/mol. The van der Waals surface area contributed by atoms with Gasteiger partial charge in [0.15, 0.2) is 12.4 Å². The highest BCUT2D eigenvalue weighted by molar-refractivity contribution is 5.36. The van der Waals surface area contributed by atoms with Crippen LogP contribution in [0.3, 0.4) is 0 Å². The summed E-state index contributed by atoms with van der Waals surface area (Å²) in [5.41, 5.74) is 1.29. The summed E-state index contributed by atoms with van der Waals surface area (Å²) in [7, 11) is 1.81. The van der Waals surface area contributed by atoms with Crippen molar-refractivity contribution in [2.75, 3.05) is 7.11 Å². The van der Waals surface area contributed by atoms with Gasteiger partial charge in [0.2, 0.25) is 0 Å². The topological polar surface area (TPSA) is 57.4 Å². The average molecular weight is 356 g/mol. The normalized spacial score (nSPS) is 24.0. The molecule has 4 rings (SSSR count). The fourth-order valence-electron chi connectivity index (χ4n) is 4.37. The summed E-state index contributed by atoms with van der Waals surface area (Å²) in [6.07, 6.45) is 9.81. The molecule has 140 valence electrons. The van der Waals surface area contributed by atoms with Gasteiger partial charge < -0.3 is 14.0 Å². The van der Waals surface area contributed by atoms with Crippen molar-refractivity contribution in [3.05, 3.63) is 41.5 Å². The highest BCUT2D eigenvalue weighted by atomic mass is 16.5. The van der Waals surface area contributed by atoms with E-state index in [4.69, 9.17) is 14.0 Å². The third-order valence-electron chi connectivity index (χ3n) is 5.92. The Bertz CT molecular complexity index is 701. The predicted molar refractivity (Wildman–Crippen MR) is 98.3 cm³/mol. The van der Waals surface area contributed by atoms with E-state index in [1.54, 1.807) is 0 Å². The van der Waals surface area contributed by atoms with E-state index in [1.165, 1.54) is 31.2 Å². The van der Waals surface area contributed by atoms with Crippen LogP contribution in [-0.2, 0) is 11.3 Å². The molecule has 0 unspecified atom stereocenters. The summed E-state index contributed by atoms with van der Waals surface area (Å²) in [6, 6.07) is 8.35. The molecule has 0 aliphatic heterocycles. The summed E-state index contributed by atoms with van der Waals surface area (Å²) in [4.78, 5) is 4.55. The molecule has 0 radical (unpaired) electrons. The van der Waals surface area contributed by atoms with E-state index in [-0.39, 0.29) is 0 Å². The van der Waals surface area contributed by atoms with Crippen molar-refractivity contribution >= 4 is 0 Å². The first-order valence-electron chi connectivity index (χ1n) is 9.90. The van der Waals surface area contributed by atoms with Crippen LogP contribution < -0.4 is 4.74 Å². The van der Waals surface area contributed by atoms with Crippen LogP contribution >= 0.6 is 0 Å². The molecular weight excluding hydrogens is 328 g/mol. The minimum Gasteiger partial charge on any atom is -0.483 e. The third kappa shape index (κ3) is 3.93. The third-order valence-corrected chi connectivity index (χ3v) is 5.92. The summed E-state index contributed by atoms with van der Waals surface area (Å²) in [5.74, 6) is 3.37. The van der Waals surface area contributed by atoms with E-state index < -0.39 is 0 Å². The Labute approximate surface area is 155 Å². The first-order valence-corrected chi connectivity index (χ1v) is 9.90. The van der Waals surface area contributed by atoms with Crippen LogP contribution in [0.2, 0.25) is 0 Å². The molecule has 0 N–H and O–H groups in total. The maximum atomic E-state index is 6.08. The molecule has 2 saturated carbocycles. The van der Waals surface area contributed by atoms with E-state index in [1.807, 2.05) is 19.2 Å². The zero-order valence-corrected chi connectivity index (χ0v) is 15.5. The molecule has 1 aromatic heterocycles. The highest BCUT2D eigenvalue weighted by Crippen LogP contribution is 2.38. The minimum atomic E-state index is 0.337. The van der Waals surface area contributed by atoms with Crippen molar-refractivity contribution in [2.24, 2.45) is 0 Å². The number of ether oxygens (including phenoxy) is 2. The molecule has 0 bridgehead atoms. The Kier molecular flexibility index (Phi) is 5.54. The van der Waals surface area contributed by atoms with Crippen LogP contribution in [0, 0.1) is 0 Å². The van der Waals surface area contributed by atoms with Crippen LogP contribution in [0.1, 0.15) is 80.5 Å². The predicted octanol–water partition coefficient (Wildman–Crippen LogP) is 4.98. The lowest BCUT2D eigenvalue weighted by molar-refractivity contribution is 0.0655. The van der Waals surface area contributed by atoms with E-state index in [2.05, 4.69) is 22.3 Å². The van der Waals surface area contributed by atoms with Crippen molar-refractivity contribution in [1.82, 2.24) is 10.1 Å². The van der Waals surface area contributed by atoms with E-state index in [9.17, 15) is 0 Å². The molecule has 1 aromatic carbocycles. The molecule has 2 aromatic rings. The van der Waals surface area contributed by atoms with Crippen molar-refractivity contribution in [3.63, 3.8) is 0 Å². The van der Waals surface area contributed by atoms with Gasteiger partial charge in [0.1, 0.15) is 5.75 Å². The van der Waals surface area contributed by atoms with Gasteiger partial charge in [-0.3, -0.25) is 0 Å². The quantitative estimate of drug-likeness (QED) is 0.731. The van der Waals surface area contributed by atoms with Gasteiger partial charge in [-0.25, -0.2) is 0 Å². The van der Waals surface area contributed by atoms with E-state index in [0.29, 0.717) is 30.4 Å². The van der Waals surface area contributed by atoms with Gasteiger partial charge in [-0.1, -0.05) is 36.2 Å². The summed E-state index contributed by atoms with van der Waals surface area (Å²) in [6.45, 7) is 0.337. The second-order valence-electron chi connectivity index (χ2n) is 7.56. The Hall–Kier alpha value is -1.88. The van der Waals surface area contributed by atoms with Gasteiger partial charge in [0.05, 0.1) is 6.10 Å². The minimum absolute atomic E-state index is 0.337. The van der Waals surface area contributed by atoms with Gasteiger partial charge in [-0.15, -0.1) is 0 Å². The van der Waals surface area contributed by atoms with Gasteiger partial charge in [-0.2, -0.15) is 4.98 Å². The van der Waals surface area contributed by atoms with Crippen LogP contribution in [0.15, 0.2) is 28.8 Å². The van der Waals surface area contributed by atoms with Crippen LogP contribution in [0.25, 0.3) is 0 Å². The van der Waals surface area contributed by atoms with Crippen LogP contribution in [-0.4, -0.2) is 23.4 Å². The molecule has 26 heavy (non-hydrogen) atoms. The Morgan fingerprint density at radius 1 is 1.00 bits per heavy atom. The number of benzene rings is 1. The standard InChI is InChI=1S/C21H28N2O3/c1-24-17-12-10-15(11-13-17)18-8-4-5-9-19(18)25-14-20-22-21(23-26-20)16-6-2-3-7-16/h4-5,8-9,15-17H,2-3,6-7,10-14H2,1H3.